The Balaban J connectivity index is 1.96. The van der Waals surface area contributed by atoms with Crippen molar-refractivity contribution in [3.63, 3.8) is 0 Å². The zero-order chi connectivity index (χ0) is 20.0. The molecule has 0 unspecified atom stereocenters. The van der Waals surface area contributed by atoms with Gasteiger partial charge in [0, 0.05) is 5.69 Å². The lowest BCUT2D eigenvalue weighted by Gasteiger charge is -2.12. The second-order valence-electron chi connectivity index (χ2n) is 6.20. The number of hydrogen-bond donors (Lipinski definition) is 2. The Bertz CT molecular complexity index is 893. The Kier molecular flexibility index (Phi) is 6.81. The van der Waals surface area contributed by atoms with Crippen molar-refractivity contribution in [2.45, 2.75) is 31.8 Å². The van der Waals surface area contributed by atoms with Gasteiger partial charge in [0.25, 0.3) is 0 Å². The first kappa shape index (κ1) is 20.7. The highest BCUT2D eigenvalue weighted by Gasteiger charge is 2.18. The highest BCUT2D eigenvalue weighted by molar-refractivity contribution is 7.89. The molecule has 0 aliphatic carbocycles. The number of nitrogens with one attached hydrogen (secondary N) is 2. The van der Waals surface area contributed by atoms with Gasteiger partial charge in [0.05, 0.1) is 24.7 Å². The van der Waals surface area contributed by atoms with E-state index >= 15 is 0 Å². The fraction of sp³-hybridized carbons (Fsp3) is 0.316. The summed E-state index contributed by atoms with van der Waals surface area (Å²) < 4.78 is 37.7. The normalized spacial score (nSPS) is 11.3. The SMILES string of the molecule is COc1ccc(S(=O)(=O)NCC(=O)Nc2ccc(OC(C)C)cc2)c(C)c1. The Morgan fingerprint density at radius 2 is 1.70 bits per heavy atom. The number of methoxy groups -OCH3 is 1. The van der Waals surface area contributed by atoms with Crippen LogP contribution in [0.2, 0.25) is 0 Å². The molecule has 8 heteroatoms. The molecule has 2 aromatic carbocycles. The van der Waals surface area contributed by atoms with Gasteiger partial charge < -0.3 is 14.8 Å². The number of sulfonamides is 1. The second-order valence-corrected chi connectivity index (χ2v) is 7.93. The topological polar surface area (TPSA) is 93.7 Å². The molecule has 0 aromatic heterocycles. The van der Waals surface area contributed by atoms with E-state index in [0.29, 0.717) is 22.7 Å². The largest absolute Gasteiger partial charge is 0.497 e. The molecule has 2 aromatic rings. The van der Waals surface area contributed by atoms with E-state index < -0.39 is 15.9 Å². The van der Waals surface area contributed by atoms with Gasteiger partial charge >= 0.3 is 0 Å². The van der Waals surface area contributed by atoms with E-state index in [1.807, 2.05) is 13.8 Å². The first-order valence-corrected chi connectivity index (χ1v) is 9.90. The number of ether oxygens (including phenoxy) is 2. The van der Waals surface area contributed by atoms with E-state index in [-0.39, 0.29) is 17.5 Å². The van der Waals surface area contributed by atoms with Gasteiger partial charge in [-0.2, -0.15) is 0 Å². The minimum absolute atomic E-state index is 0.0567. The number of aryl methyl sites for hydroxylation is 1. The van der Waals surface area contributed by atoms with E-state index in [1.165, 1.54) is 13.2 Å². The average Bonchev–Trinajstić information content (AvgIpc) is 2.61. The first-order valence-electron chi connectivity index (χ1n) is 8.42. The monoisotopic (exact) mass is 392 g/mol. The average molecular weight is 392 g/mol. The van der Waals surface area contributed by atoms with E-state index in [1.54, 1.807) is 43.3 Å². The van der Waals surface area contributed by atoms with Gasteiger partial charge in [0.15, 0.2) is 0 Å². The van der Waals surface area contributed by atoms with Crippen LogP contribution in [0.25, 0.3) is 0 Å². The Labute approximate surface area is 159 Å². The summed E-state index contributed by atoms with van der Waals surface area (Å²) >= 11 is 0. The summed E-state index contributed by atoms with van der Waals surface area (Å²) in [5.41, 5.74) is 1.08. The number of benzene rings is 2. The predicted octanol–water partition coefficient (Wildman–Crippen LogP) is 2.71. The fourth-order valence-corrected chi connectivity index (χ4v) is 3.59. The lowest BCUT2D eigenvalue weighted by Crippen LogP contribution is -2.33. The van der Waals surface area contributed by atoms with Gasteiger partial charge in [-0.15, -0.1) is 0 Å². The first-order chi connectivity index (χ1) is 12.7. The van der Waals surface area contributed by atoms with Crippen LogP contribution in [0.1, 0.15) is 19.4 Å². The third kappa shape index (κ3) is 5.97. The lowest BCUT2D eigenvalue weighted by atomic mass is 10.2. The summed E-state index contributed by atoms with van der Waals surface area (Å²) in [7, 11) is -2.30. The lowest BCUT2D eigenvalue weighted by molar-refractivity contribution is -0.115. The fourth-order valence-electron chi connectivity index (χ4n) is 2.38. The molecule has 0 saturated carbocycles. The summed E-state index contributed by atoms with van der Waals surface area (Å²) in [4.78, 5) is 12.2. The van der Waals surface area contributed by atoms with Gasteiger partial charge in [-0.1, -0.05) is 0 Å². The quantitative estimate of drug-likeness (QED) is 0.720. The molecule has 0 aliphatic heterocycles. The summed E-state index contributed by atoms with van der Waals surface area (Å²) in [5.74, 6) is 0.787. The van der Waals surface area contributed by atoms with Crippen LogP contribution in [0.5, 0.6) is 11.5 Å². The highest BCUT2D eigenvalue weighted by Crippen LogP contribution is 2.21. The molecule has 0 saturated heterocycles. The molecule has 7 nitrogen and oxygen atoms in total. The van der Waals surface area contributed by atoms with Crippen LogP contribution in [0.4, 0.5) is 5.69 Å². The Hall–Kier alpha value is -2.58. The maximum absolute atomic E-state index is 12.4. The minimum Gasteiger partial charge on any atom is -0.497 e. The van der Waals surface area contributed by atoms with Crippen molar-refractivity contribution in [3.8, 4) is 11.5 Å². The van der Waals surface area contributed by atoms with Crippen molar-refractivity contribution in [1.29, 1.82) is 0 Å². The molecule has 0 spiro atoms. The van der Waals surface area contributed by atoms with Gasteiger partial charge in [-0.05, 0) is 68.8 Å². The summed E-state index contributed by atoms with van der Waals surface area (Å²) in [6.07, 6.45) is 0.0567. The maximum atomic E-state index is 12.4. The third-order valence-corrected chi connectivity index (χ3v) is 5.17. The number of carbonyl (C=O) groups excluding carboxylic acids is 1. The maximum Gasteiger partial charge on any atom is 0.241 e. The van der Waals surface area contributed by atoms with Crippen LogP contribution in [0.15, 0.2) is 47.4 Å². The second kappa shape index (κ2) is 8.88. The molecule has 0 aliphatic rings. The Morgan fingerprint density at radius 3 is 2.26 bits per heavy atom. The highest BCUT2D eigenvalue weighted by atomic mass is 32.2. The van der Waals surface area contributed by atoms with E-state index in [0.717, 1.165) is 0 Å². The van der Waals surface area contributed by atoms with E-state index in [9.17, 15) is 13.2 Å². The van der Waals surface area contributed by atoms with Crippen LogP contribution in [-0.2, 0) is 14.8 Å². The number of rotatable bonds is 8. The standard InChI is InChI=1S/C19H24N2O5S/c1-13(2)26-16-7-5-15(6-8-16)21-19(22)12-20-27(23,24)18-10-9-17(25-4)11-14(18)3/h5-11,13,20H,12H2,1-4H3,(H,21,22). The van der Waals surface area contributed by atoms with Crippen molar-refractivity contribution in [1.82, 2.24) is 4.72 Å². The zero-order valence-electron chi connectivity index (χ0n) is 15.8. The van der Waals surface area contributed by atoms with Crippen LogP contribution >= 0.6 is 0 Å². The number of anilines is 1. The molecule has 27 heavy (non-hydrogen) atoms. The van der Waals surface area contributed by atoms with Gasteiger partial charge in [0.1, 0.15) is 11.5 Å². The van der Waals surface area contributed by atoms with Crippen molar-refractivity contribution in [2.24, 2.45) is 0 Å². The van der Waals surface area contributed by atoms with Crippen molar-refractivity contribution < 1.29 is 22.7 Å². The van der Waals surface area contributed by atoms with Crippen molar-refractivity contribution in [3.05, 3.63) is 48.0 Å². The van der Waals surface area contributed by atoms with Crippen LogP contribution < -0.4 is 19.5 Å². The molecule has 0 bridgehead atoms. The molecule has 1 amide bonds. The molecule has 2 N–H and O–H groups in total. The molecular weight excluding hydrogens is 368 g/mol. The molecular formula is C19H24N2O5S. The van der Waals surface area contributed by atoms with Gasteiger partial charge in [0.2, 0.25) is 15.9 Å². The van der Waals surface area contributed by atoms with Crippen LogP contribution in [0.3, 0.4) is 0 Å². The Morgan fingerprint density at radius 1 is 1.07 bits per heavy atom. The molecule has 0 atom stereocenters. The van der Waals surface area contributed by atoms with Crippen molar-refractivity contribution in [2.75, 3.05) is 19.0 Å². The predicted molar refractivity (Wildman–Crippen MR) is 104 cm³/mol. The number of carbonyl (C=O) groups is 1. The molecule has 0 heterocycles. The molecule has 0 radical (unpaired) electrons. The van der Waals surface area contributed by atoms with Crippen molar-refractivity contribution >= 4 is 21.6 Å². The molecule has 2 rings (SSSR count). The summed E-state index contributed by atoms with van der Waals surface area (Å²) in [6, 6.07) is 11.5. The van der Waals surface area contributed by atoms with E-state index in [4.69, 9.17) is 9.47 Å². The number of amides is 1. The number of hydrogen-bond acceptors (Lipinski definition) is 5. The third-order valence-electron chi connectivity index (χ3n) is 3.60. The minimum atomic E-state index is -3.81. The van der Waals surface area contributed by atoms with Gasteiger partial charge in [-0.3, -0.25) is 4.79 Å². The summed E-state index contributed by atoms with van der Waals surface area (Å²) in [6.45, 7) is 5.13. The van der Waals surface area contributed by atoms with Crippen LogP contribution in [-0.4, -0.2) is 34.1 Å². The molecule has 146 valence electrons. The smallest absolute Gasteiger partial charge is 0.241 e. The summed E-state index contributed by atoms with van der Waals surface area (Å²) in [5, 5.41) is 2.64. The van der Waals surface area contributed by atoms with E-state index in [2.05, 4.69) is 10.0 Å². The van der Waals surface area contributed by atoms with Gasteiger partial charge in [-0.25, -0.2) is 13.1 Å². The van der Waals surface area contributed by atoms with Crippen LogP contribution in [0, 0.1) is 6.92 Å². The molecule has 0 fully saturated rings. The zero-order valence-corrected chi connectivity index (χ0v) is 16.6.